The van der Waals surface area contributed by atoms with Crippen molar-refractivity contribution >= 4 is 0 Å². The Hall–Kier alpha value is -1.25. The van der Waals surface area contributed by atoms with Gasteiger partial charge in [-0.05, 0) is 13.3 Å². The first kappa shape index (κ1) is 12.8. The molecule has 0 unspecified atom stereocenters. The number of pyridine rings is 1. The summed E-state index contributed by atoms with van der Waals surface area (Å²) in [5.74, 6) is 0.470. The molecule has 3 heteroatoms. The van der Waals surface area contributed by atoms with Crippen LogP contribution in [0.5, 0.6) is 5.75 Å². The van der Waals surface area contributed by atoms with E-state index in [4.69, 9.17) is 4.74 Å². The van der Waals surface area contributed by atoms with Gasteiger partial charge in [-0.15, -0.1) is 0 Å². The van der Waals surface area contributed by atoms with Crippen LogP contribution in [0, 0.1) is 6.92 Å². The van der Waals surface area contributed by atoms with Gasteiger partial charge in [0.1, 0.15) is 0 Å². The summed E-state index contributed by atoms with van der Waals surface area (Å²) in [4.78, 5) is 14.4. The molecule has 1 rings (SSSR count). The molecule has 0 aliphatic rings. The number of aromatic amines is 1. The zero-order valence-electron chi connectivity index (χ0n) is 10.2. The number of ether oxygens (including phenoxy) is 1. The second-order valence-electron chi connectivity index (χ2n) is 4.06. The summed E-state index contributed by atoms with van der Waals surface area (Å²) in [7, 11) is 0. The highest BCUT2D eigenvalue weighted by atomic mass is 16.5. The maximum absolute atomic E-state index is 11.5. The van der Waals surface area contributed by atoms with Crippen molar-refractivity contribution < 1.29 is 4.74 Å². The summed E-state index contributed by atoms with van der Waals surface area (Å²) < 4.78 is 5.50. The van der Waals surface area contributed by atoms with Crippen molar-refractivity contribution in [1.29, 1.82) is 0 Å². The molecule has 1 aromatic rings. The van der Waals surface area contributed by atoms with Gasteiger partial charge in [0.05, 0.1) is 12.3 Å². The summed E-state index contributed by atoms with van der Waals surface area (Å²) in [5.41, 5.74) is 0.769. The Morgan fingerprint density at radius 1 is 1.25 bits per heavy atom. The molecule has 0 radical (unpaired) electrons. The molecule has 1 aromatic heterocycles. The Morgan fingerprint density at radius 2 is 2.00 bits per heavy atom. The Morgan fingerprint density at radius 3 is 2.69 bits per heavy atom. The third-order valence-electron chi connectivity index (χ3n) is 2.59. The van der Waals surface area contributed by atoms with Gasteiger partial charge in [0.2, 0.25) is 5.43 Å². The fourth-order valence-electron chi connectivity index (χ4n) is 1.63. The predicted molar refractivity (Wildman–Crippen MR) is 66.1 cm³/mol. The van der Waals surface area contributed by atoms with Crippen molar-refractivity contribution in [3.8, 4) is 5.75 Å². The van der Waals surface area contributed by atoms with Gasteiger partial charge in [0, 0.05) is 12.3 Å². The summed E-state index contributed by atoms with van der Waals surface area (Å²) >= 11 is 0. The fraction of sp³-hybridized carbons (Fsp3) is 0.615. The molecule has 90 valence electrons. The highest BCUT2D eigenvalue weighted by molar-refractivity contribution is 5.25. The number of unbranched alkanes of at least 4 members (excludes halogenated alkanes) is 4. The Bertz CT molecular complexity index is 357. The van der Waals surface area contributed by atoms with Crippen molar-refractivity contribution in [2.45, 2.75) is 46.0 Å². The standard InChI is InChI=1S/C13H21NO2/c1-3-4-5-6-7-10-16-13-11(2)14-9-8-12(13)15/h8-9H,3-7,10H2,1-2H3,(H,14,15). The average molecular weight is 223 g/mol. The van der Waals surface area contributed by atoms with Gasteiger partial charge in [0.15, 0.2) is 5.75 Å². The minimum Gasteiger partial charge on any atom is -0.488 e. The van der Waals surface area contributed by atoms with E-state index in [9.17, 15) is 4.79 Å². The fourth-order valence-corrected chi connectivity index (χ4v) is 1.63. The Balaban J connectivity index is 2.29. The lowest BCUT2D eigenvalue weighted by atomic mass is 10.2. The van der Waals surface area contributed by atoms with Gasteiger partial charge in [0.25, 0.3) is 0 Å². The van der Waals surface area contributed by atoms with Crippen LogP contribution in [-0.4, -0.2) is 11.6 Å². The van der Waals surface area contributed by atoms with Crippen LogP contribution >= 0.6 is 0 Å². The van der Waals surface area contributed by atoms with Gasteiger partial charge < -0.3 is 9.72 Å². The third kappa shape index (κ3) is 4.09. The number of hydrogen-bond donors (Lipinski definition) is 1. The van der Waals surface area contributed by atoms with E-state index < -0.39 is 0 Å². The van der Waals surface area contributed by atoms with Crippen LogP contribution in [0.3, 0.4) is 0 Å². The molecule has 1 N–H and O–H groups in total. The quantitative estimate of drug-likeness (QED) is 0.722. The monoisotopic (exact) mass is 223 g/mol. The van der Waals surface area contributed by atoms with E-state index in [1.807, 2.05) is 6.92 Å². The molecule has 3 nitrogen and oxygen atoms in total. The molecule has 16 heavy (non-hydrogen) atoms. The molecule has 0 fully saturated rings. The highest BCUT2D eigenvalue weighted by Gasteiger charge is 2.03. The van der Waals surface area contributed by atoms with Crippen LogP contribution in [0.15, 0.2) is 17.1 Å². The van der Waals surface area contributed by atoms with Crippen LogP contribution in [0.1, 0.15) is 44.7 Å². The molecule has 0 atom stereocenters. The molecule has 1 heterocycles. The third-order valence-corrected chi connectivity index (χ3v) is 2.59. The Labute approximate surface area is 96.8 Å². The van der Waals surface area contributed by atoms with Crippen LogP contribution in [0.25, 0.3) is 0 Å². The van der Waals surface area contributed by atoms with Crippen molar-refractivity contribution in [3.05, 3.63) is 28.2 Å². The number of hydrogen-bond acceptors (Lipinski definition) is 2. The van der Waals surface area contributed by atoms with Crippen molar-refractivity contribution in [3.63, 3.8) is 0 Å². The van der Waals surface area contributed by atoms with E-state index in [1.54, 1.807) is 6.20 Å². The molecule has 0 spiro atoms. The topological polar surface area (TPSA) is 42.1 Å². The van der Waals surface area contributed by atoms with Crippen LogP contribution in [0.2, 0.25) is 0 Å². The van der Waals surface area contributed by atoms with Crippen LogP contribution in [0.4, 0.5) is 0 Å². The van der Waals surface area contributed by atoms with Crippen molar-refractivity contribution in [2.24, 2.45) is 0 Å². The van der Waals surface area contributed by atoms with E-state index in [0.29, 0.717) is 12.4 Å². The molecule has 0 aromatic carbocycles. The number of nitrogens with one attached hydrogen (secondary N) is 1. The second-order valence-corrected chi connectivity index (χ2v) is 4.06. The molecule has 0 amide bonds. The molecule has 0 aliphatic carbocycles. The van der Waals surface area contributed by atoms with E-state index in [0.717, 1.165) is 12.1 Å². The molecular weight excluding hydrogens is 202 g/mol. The van der Waals surface area contributed by atoms with Crippen molar-refractivity contribution in [2.75, 3.05) is 6.61 Å². The maximum Gasteiger partial charge on any atom is 0.223 e. The highest BCUT2D eigenvalue weighted by Crippen LogP contribution is 2.09. The summed E-state index contributed by atoms with van der Waals surface area (Å²) in [6.45, 7) is 4.69. The SMILES string of the molecule is CCCCCCCOc1c(C)[nH]ccc1=O. The van der Waals surface area contributed by atoms with Gasteiger partial charge in [-0.2, -0.15) is 0 Å². The maximum atomic E-state index is 11.5. The average Bonchev–Trinajstić information content (AvgIpc) is 2.26. The van der Waals surface area contributed by atoms with Crippen molar-refractivity contribution in [1.82, 2.24) is 4.98 Å². The first-order valence-corrected chi connectivity index (χ1v) is 6.06. The number of aromatic nitrogens is 1. The lowest BCUT2D eigenvalue weighted by Gasteiger charge is -2.07. The summed E-state index contributed by atoms with van der Waals surface area (Å²) in [5, 5.41) is 0. The van der Waals surface area contributed by atoms with E-state index in [1.165, 1.54) is 31.7 Å². The van der Waals surface area contributed by atoms with Gasteiger partial charge >= 0.3 is 0 Å². The van der Waals surface area contributed by atoms with E-state index in [-0.39, 0.29) is 5.43 Å². The van der Waals surface area contributed by atoms with E-state index >= 15 is 0 Å². The normalized spacial score (nSPS) is 10.4. The number of H-pyrrole nitrogens is 1. The molecule has 0 saturated carbocycles. The molecule has 0 aliphatic heterocycles. The lowest BCUT2D eigenvalue weighted by Crippen LogP contribution is -2.10. The zero-order chi connectivity index (χ0) is 11.8. The summed E-state index contributed by atoms with van der Waals surface area (Å²) in [6, 6.07) is 1.50. The predicted octanol–water partition coefficient (Wildman–Crippen LogP) is 3.03. The largest absolute Gasteiger partial charge is 0.488 e. The van der Waals surface area contributed by atoms with E-state index in [2.05, 4.69) is 11.9 Å². The first-order valence-electron chi connectivity index (χ1n) is 6.06. The Kier molecular flexibility index (Phi) is 5.68. The minimum absolute atomic E-state index is 0.0372. The van der Waals surface area contributed by atoms with Gasteiger partial charge in [-0.1, -0.05) is 32.6 Å². The molecular formula is C13H21NO2. The van der Waals surface area contributed by atoms with Crippen LogP contribution < -0.4 is 10.2 Å². The zero-order valence-corrected chi connectivity index (χ0v) is 10.2. The first-order chi connectivity index (χ1) is 7.75. The summed E-state index contributed by atoms with van der Waals surface area (Å²) in [6.07, 6.45) is 7.63. The minimum atomic E-state index is -0.0372. The van der Waals surface area contributed by atoms with Gasteiger partial charge in [-0.3, -0.25) is 4.79 Å². The van der Waals surface area contributed by atoms with Crippen LogP contribution in [-0.2, 0) is 0 Å². The number of rotatable bonds is 7. The molecule has 0 bridgehead atoms. The molecule has 0 saturated heterocycles. The second kappa shape index (κ2) is 7.09. The lowest BCUT2D eigenvalue weighted by molar-refractivity contribution is 0.298. The smallest absolute Gasteiger partial charge is 0.223 e. The van der Waals surface area contributed by atoms with Gasteiger partial charge in [-0.25, -0.2) is 0 Å². The number of aryl methyl sites for hydroxylation is 1.